The van der Waals surface area contributed by atoms with Gasteiger partial charge in [0, 0.05) is 11.4 Å². The van der Waals surface area contributed by atoms with E-state index in [1.165, 1.54) is 35.2 Å². The second-order valence-electron chi connectivity index (χ2n) is 5.63. The molecule has 1 atom stereocenters. The molecule has 2 N–H and O–H groups in total. The standard InChI is InChI=1S/C18H17FN4OS2/c1-11-5-3-7-14(9-11)20-16(24)12(2)25-18-23-22-17(26-18)21-15-8-4-6-13(19)10-15/h3-10,12H,1-2H3,(H,20,24)(H,21,22)/t12-/m1/s1. The molecule has 0 saturated carbocycles. The Kier molecular flexibility index (Phi) is 5.85. The quantitative estimate of drug-likeness (QED) is 0.591. The Balaban J connectivity index is 1.58. The zero-order valence-corrected chi connectivity index (χ0v) is 15.8. The van der Waals surface area contributed by atoms with Crippen LogP contribution < -0.4 is 10.6 Å². The Morgan fingerprint density at radius 2 is 1.92 bits per heavy atom. The van der Waals surface area contributed by atoms with Crippen molar-refractivity contribution in [1.82, 2.24) is 10.2 Å². The number of nitrogens with zero attached hydrogens (tertiary/aromatic N) is 2. The van der Waals surface area contributed by atoms with E-state index in [2.05, 4.69) is 20.8 Å². The van der Waals surface area contributed by atoms with Crippen molar-refractivity contribution in [2.45, 2.75) is 23.4 Å². The molecule has 0 spiro atoms. The van der Waals surface area contributed by atoms with Crippen LogP contribution in [0.1, 0.15) is 12.5 Å². The first-order valence-corrected chi connectivity index (χ1v) is 9.59. The fourth-order valence-electron chi connectivity index (χ4n) is 2.17. The molecule has 0 bridgehead atoms. The van der Waals surface area contributed by atoms with E-state index in [0.717, 1.165) is 11.3 Å². The highest BCUT2D eigenvalue weighted by atomic mass is 32.2. The molecule has 5 nitrogen and oxygen atoms in total. The van der Waals surface area contributed by atoms with Crippen molar-refractivity contribution in [3.05, 3.63) is 59.9 Å². The molecule has 134 valence electrons. The van der Waals surface area contributed by atoms with E-state index in [1.54, 1.807) is 12.1 Å². The van der Waals surface area contributed by atoms with Gasteiger partial charge in [-0.2, -0.15) is 0 Å². The zero-order valence-electron chi connectivity index (χ0n) is 14.2. The summed E-state index contributed by atoms with van der Waals surface area (Å²) in [6.45, 7) is 3.79. The van der Waals surface area contributed by atoms with E-state index >= 15 is 0 Å². The number of halogens is 1. The first-order chi connectivity index (χ1) is 12.5. The highest BCUT2D eigenvalue weighted by Gasteiger charge is 2.17. The summed E-state index contributed by atoms with van der Waals surface area (Å²) in [4.78, 5) is 12.3. The molecule has 0 aliphatic rings. The van der Waals surface area contributed by atoms with Crippen molar-refractivity contribution < 1.29 is 9.18 Å². The molecule has 1 amide bonds. The number of benzene rings is 2. The number of anilines is 3. The number of nitrogens with one attached hydrogen (secondary N) is 2. The molecule has 0 aliphatic carbocycles. The smallest absolute Gasteiger partial charge is 0.237 e. The van der Waals surface area contributed by atoms with Crippen molar-refractivity contribution in [2.24, 2.45) is 0 Å². The minimum Gasteiger partial charge on any atom is -0.330 e. The van der Waals surface area contributed by atoms with Crippen molar-refractivity contribution in [3.8, 4) is 0 Å². The normalized spacial score (nSPS) is 11.8. The number of thioether (sulfide) groups is 1. The molecule has 0 saturated heterocycles. The van der Waals surface area contributed by atoms with Crippen molar-refractivity contribution >= 4 is 45.5 Å². The minimum atomic E-state index is -0.328. The second kappa shape index (κ2) is 8.29. The summed E-state index contributed by atoms with van der Waals surface area (Å²) in [5.41, 5.74) is 2.46. The molecule has 1 aromatic heterocycles. The van der Waals surface area contributed by atoms with Gasteiger partial charge in [0.1, 0.15) is 5.82 Å². The number of aromatic nitrogens is 2. The summed E-state index contributed by atoms with van der Waals surface area (Å²) in [7, 11) is 0. The Morgan fingerprint density at radius 3 is 2.69 bits per heavy atom. The van der Waals surface area contributed by atoms with Gasteiger partial charge in [0.15, 0.2) is 4.34 Å². The van der Waals surface area contributed by atoms with Crippen LogP contribution >= 0.6 is 23.1 Å². The zero-order chi connectivity index (χ0) is 18.5. The van der Waals surface area contributed by atoms with E-state index < -0.39 is 0 Å². The van der Waals surface area contributed by atoms with Crippen molar-refractivity contribution in [3.63, 3.8) is 0 Å². The number of carbonyl (C=O) groups is 1. The monoisotopic (exact) mass is 388 g/mol. The Bertz CT molecular complexity index is 915. The van der Waals surface area contributed by atoms with Gasteiger partial charge < -0.3 is 10.6 Å². The maximum Gasteiger partial charge on any atom is 0.237 e. The Hall–Kier alpha value is -2.45. The van der Waals surface area contributed by atoms with E-state index in [4.69, 9.17) is 0 Å². The van der Waals surface area contributed by atoms with Crippen LogP contribution in [0.2, 0.25) is 0 Å². The van der Waals surface area contributed by atoms with Crippen LogP contribution in [0.4, 0.5) is 20.9 Å². The summed E-state index contributed by atoms with van der Waals surface area (Å²) in [6, 6.07) is 13.8. The van der Waals surface area contributed by atoms with Crippen LogP contribution in [0.25, 0.3) is 0 Å². The summed E-state index contributed by atoms with van der Waals surface area (Å²) in [5, 5.41) is 14.2. The molecular weight excluding hydrogens is 371 g/mol. The summed E-state index contributed by atoms with van der Waals surface area (Å²) < 4.78 is 13.9. The summed E-state index contributed by atoms with van der Waals surface area (Å²) in [6.07, 6.45) is 0. The van der Waals surface area contributed by atoms with Crippen molar-refractivity contribution in [1.29, 1.82) is 0 Å². The molecular formula is C18H17FN4OS2. The molecule has 0 fully saturated rings. The van der Waals surface area contributed by atoms with Crippen molar-refractivity contribution in [2.75, 3.05) is 10.6 Å². The van der Waals surface area contributed by atoms with Gasteiger partial charge in [-0.1, -0.05) is 41.3 Å². The Morgan fingerprint density at radius 1 is 1.15 bits per heavy atom. The highest BCUT2D eigenvalue weighted by Crippen LogP contribution is 2.31. The summed E-state index contributed by atoms with van der Waals surface area (Å²) in [5.74, 6) is -0.425. The van der Waals surface area contributed by atoms with Crippen LogP contribution in [-0.2, 0) is 4.79 Å². The Labute approximate surface area is 159 Å². The van der Waals surface area contributed by atoms with Crippen LogP contribution in [0.15, 0.2) is 52.9 Å². The maximum absolute atomic E-state index is 13.2. The fraction of sp³-hybridized carbons (Fsp3) is 0.167. The third-order valence-electron chi connectivity index (χ3n) is 3.41. The van der Waals surface area contributed by atoms with Gasteiger partial charge in [-0.25, -0.2) is 4.39 Å². The van der Waals surface area contributed by atoms with Gasteiger partial charge in [0.05, 0.1) is 5.25 Å². The van der Waals surface area contributed by atoms with E-state index in [0.29, 0.717) is 15.2 Å². The van der Waals surface area contributed by atoms with Gasteiger partial charge >= 0.3 is 0 Å². The maximum atomic E-state index is 13.2. The van der Waals surface area contributed by atoms with E-state index in [1.807, 2.05) is 38.1 Å². The van der Waals surface area contributed by atoms with E-state index in [9.17, 15) is 9.18 Å². The average molecular weight is 388 g/mol. The van der Waals surface area contributed by atoms with Gasteiger partial charge in [-0.15, -0.1) is 10.2 Å². The molecule has 8 heteroatoms. The van der Waals surface area contributed by atoms with Gasteiger partial charge in [0.25, 0.3) is 0 Å². The predicted octanol–water partition coefficient (Wildman–Crippen LogP) is 4.85. The molecule has 1 heterocycles. The molecule has 3 aromatic rings. The lowest BCUT2D eigenvalue weighted by Gasteiger charge is -2.10. The lowest BCUT2D eigenvalue weighted by Crippen LogP contribution is -2.22. The first kappa shape index (κ1) is 18.3. The van der Waals surface area contributed by atoms with Crippen LogP contribution in [-0.4, -0.2) is 21.4 Å². The van der Waals surface area contributed by atoms with Crippen LogP contribution in [0.5, 0.6) is 0 Å². The number of rotatable bonds is 6. The number of hydrogen-bond acceptors (Lipinski definition) is 6. The van der Waals surface area contributed by atoms with Gasteiger partial charge in [-0.05, 0) is 49.7 Å². The lowest BCUT2D eigenvalue weighted by molar-refractivity contribution is -0.115. The number of amides is 1. The number of carbonyl (C=O) groups excluding carboxylic acids is 1. The lowest BCUT2D eigenvalue weighted by atomic mass is 10.2. The summed E-state index contributed by atoms with van der Waals surface area (Å²) >= 11 is 2.64. The highest BCUT2D eigenvalue weighted by molar-refractivity contribution is 8.02. The molecule has 2 aromatic carbocycles. The third-order valence-corrected chi connectivity index (χ3v) is 5.44. The minimum absolute atomic E-state index is 0.101. The molecule has 0 radical (unpaired) electrons. The fourth-order valence-corrected chi connectivity index (χ4v) is 4.09. The van der Waals surface area contributed by atoms with Gasteiger partial charge in [0.2, 0.25) is 11.0 Å². The topological polar surface area (TPSA) is 66.9 Å². The second-order valence-corrected chi connectivity index (χ2v) is 8.19. The number of aryl methyl sites for hydroxylation is 1. The van der Waals surface area contributed by atoms with Gasteiger partial charge in [-0.3, -0.25) is 4.79 Å². The molecule has 3 rings (SSSR count). The molecule has 0 unspecified atom stereocenters. The van der Waals surface area contributed by atoms with E-state index in [-0.39, 0.29) is 17.0 Å². The predicted molar refractivity (Wildman–Crippen MR) is 105 cm³/mol. The van der Waals surface area contributed by atoms with Crippen LogP contribution in [0.3, 0.4) is 0 Å². The first-order valence-electron chi connectivity index (χ1n) is 7.90. The SMILES string of the molecule is Cc1cccc(NC(=O)[C@@H](C)Sc2nnc(Nc3cccc(F)c3)s2)c1. The third kappa shape index (κ3) is 5.03. The number of hydrogen-bond donors (Lipinski definition) is 2. The largest absolute Gasteiger partial charge is 0.330 e. The average Bonchev–Trinajstić information content (AvgIpc) is 3.01. The molecule has 26 heavy (non-hydrogen) atoms. The molecule has 0 aliphatic heterocycles. The van der Waals surface area contributed by atoms with Crippen LogP contribution in [0, 0.1) is 12.7 Å².